The van der Waals surface area contributed by atoms with E-state index in [1.165, 1.54) is 11.3 Å². The van der Waals surface area contributed by atoms with E-state index in [0.717, 1.165) is 17.0 Å². The Morgan fingerprint density at radius 1 is 1.35 bits per heavy atom. The van der Waals surface area contributed by atoms with Crippen molar-refractivity contribution in [1.29, 1.82) is 0 Å². The fourth-order valence-electron chi connectivity index (χ4n) is 1.37. The molecule has 0 aliphatic rings. The standard InChI is InChI=1S/C11H9ClF2N2S/c12-7-3-6(13)4-8(14)11(7)16-5-10-9(15)1-2-17-10/h1-4,16H,5,15H2. The van der Waals surface area contributed by atoms with Crippen LogP contribution in [-0.2, 0) is 6.54 Å². The van der Waals surface area contributed by atoms with Gasteiger partial charge >= 0.3 is 0 Å². The van der Waals surface area contributed by atoms with Crippen LogP contribution >= 0.6 is 22.9 Å². The molecule has 6 heteroatoms. The van der Waals surface area contributed by atoms with E-state index in [9.17, 15) is 8.78 Å². The fraction of sp³-hybridized carbons (Fsp3) is 0.0909. The minimum atomic E-state index is -0.717. The van der Waals surface area contributed by atoms with Gasteiger partial charge in [0.1, 0.15) is 5.82 Å². The average Bonchev–Trinajstić information content (AvgIpc) is 2.62. The molecule has 0 saturated heterocycles. The van der Waals surface area contributed by atoms with Crippen molar-refractivity contribution in [2.24, 2.45) is 0 Å². The summed E-state index contributed by atoms with van der Waals surface area (Å²) in [4.78, 5) is 0.879. The predicted molar refractivity (Wildman–Crippen MR) is 67.4 cm³/mol. The summed E-state index contributed by atoms with van der Waals surface area (Å²) in [6, 6.07) is 3.61. The van der Waals surface area contributed by atoms with Crippen molar-refractivity contribution >= 4 is 34.3 Å². The Labute approximate surface area is 106 Å². The monoisotopic (exact) mass is 274 g/mol. The SMILES string of the molecule is Nc1ccsc1CNc1c(F)cc(F)cc1Cl. The second kappa shape index (κ2) is 4.89. The molecule has 1 heterocycles. The molecule has 2 nitrogen and oxygen atoms in total. The van der Waals surface area contributed by atoms with Gasteiger partial charge in [0, 0.05) is 16.6 Å². The van der Waals surface area contributed by atoms with E-state index in [1.807, 2.05) is 5.38 Å². The van der Waals surface area contributed by atoms with Gasteiger partial charge in [0.05, 0.1) is 17.3 Å². The third-order valence-electron chi connectivity index (χ3n) is 2.21. The maximum atomic E-state index is 13.4. The second-order valence-corrected chi connectivity index (χ2v) is 4.80. The number of hydrogen-bond acceptors (Lipinski definition) is 3. The molecule has 1 aromatic heterocycles. The number of rotatable bonds is 3. The predicted octanol–water partition coefficient (Wildman–Crippen LogP) is 3.87. The van der Waals surface area contributed by atoms with Crippen LogP contribution in [0.25, 0.3) is 0 Å². The third kappa shape index (κ3) is 2.68. The summed E-state index contributed by atoms with van der Waals surface area (Å²) in [6.07, 6.45) is 0. The van der Waals surface area contributed by atoms with Gasteiger partial charge in [0.25, 0.3) is 0 Å². The molecule has 90 valence electrons. The molecule has 0 fully saturated rings. The van der Waals surface area contributed by atoms with E-state index in [-0.39, 0.29) is 10.7 Å². The van der Waals surface area contributed by atoms with Gasteiger partial charge in [0.2, 0.25) is 0 Å². The fourth-order valence-corrected chi connectivity index (χ4v) is 2.37. The van der Waals surface area contributed by atoms with Crippen molar-refractivity contribution in [1.82, 2.24) is 0 Å². The summed E-state index contributed by atoms with van der Waals surface area (Å²) in [5, 5.41) is 4.66. The Bertz CT molecular complexity index is 519. The lowest BCUT2D eigenvalue weighted by molar-refractivity contribution is 0.585. The highest BCUT2D eigenvalue weighted by molar-refractivity contribution is 7.10. The molecule has 0 atom stereocenters. The highest BCUT2D eigenvalue weighted by Gasteiger charge is 2.10. The van der Waals surface area contributed by atoms with E-state index in [4.69, 9.17) is 17.3 Å². The van der Waals surface area contributed by atoms with Crippen molar-refractivity contribution in [3.8, 4) is 0 Å². The number of nitrogens with one attached hydrogen (secondary N) is 1. The minimum absolute atomic E-state index is 0.0117. The van der Waals surface area contributed by atoms with Crippen LogP contribution in [0.2, 0.25) is 5.02 Å². The van der Waals surface area contributed by atoms with Crippen LogP contribution in [-0.4, -0.2) is 0 Å². The van der Waals surface area contributed by atoms with Gasteiger partial charge in [-0.05, 0) is 17.5 Å². The van der Waals surface area contributed by atoms with Crippen molar-refractivity contribution in [2.45, 2.75) is 6.54 Å². The molecule has 0 aliphatic carbocycles. The molecule has 2 aromatic rings. The van der Waals surface area contributed by atoms with Crippen LogP contribution in [0.15, 0.2) is 23.6 Å². The summed E-state index contributed by atoms with van der Waals surface area (Å²) >= 11 is 7.20. The number of benzene rings is 1. The van der Waals surface area contributed by atoms with E-state index >= 15 is 0 Å². The number of nitrogens with two attached hydrogens (primary N) is 1. The first-order valence-corrected chi connectivity index (χ1v) is 6.04. The molecule has 2 rings (SSSR count). The Morgan fingerprint density at radius 3 is 2.71 bits per heavy atom. The Morgan fingerprint density at radius 2 is 2.12 bits per heavy atom. The molecule has 0 amide bonds. The molecular formula is C11H9ClF2N2S. The van der Waals surface area contributed by atoms with Crippen LogP contribution in [0.4, 0.5) is 20.2 Å². The maximum absolute atomic E-state index is 13.4. The van der Waals surface area contributed by atoms with Gasteiger partial charge in [-0.3, -0.25) is 0 Å². The number of thiophene rings is 1. The van der Waals surface area contributed by atoms with Gasteiger partial charge < -0.3 is 11.1 Å². The molecular weight excluding hydrogens is 266 g/mol. The van der Waals surface area contributed by atoms with E-state index in [1.54, 1.807) is 6.07 Å². The molecule has 0 unspecified atom stereocenters. The number of halogens is 3. The van der Waals surface area contributed by atoms with E-state index < -0.39 is 11.6 Å². The lowest BCUT2D eigenvalue weighted by atomic mass is 10.3. The summed E-state index contributed by atoms with van der Waals surface area (Å²) < 4.78 is 26.2. The number of nitrogen functional groups attached to an aromatic ring is 1. The van der Waals surface area contributed by atoms with Crippen LogP contribution in [0, 0.1) is 11.6 Å². The smallest absolute Gasteiger partial charge is 0.150 e. The molecule has 0 bridgehead atoms. The largest absolute Gasteiger partial charge is 0.398 e. The first kappa shape index (κ1) is 12.1. The average molecular weight is 275 g/mol. The third-order valence-corrected chi connectivity index (χ3v) is 3.45. The highest BCUT2D eigenvalue weighted by Crippen LogP contribution is 2.28. The van der Waals surface area contributed by atoms with Crippen LogP contribution in [0.5, 0.6) is 0 Å². The zero-order valence-electron chi connectivity index (χ0n) is 8.64. The van der Waals surface area contributed by atoms with Gasteiger partial charge in [-0.25, -0.2) is 8.78 Å². The topological polar surface area (TPSA) is 38.0 Å². The lowest BCUT2D eigenvalue weighted by Gasteiger charge is -2.09. The van der Waals surface area contributed by atoms with Crippen molar-refractivity contribution in [2.75, 3.05) is 11.1 Å². The number of anilines is 2. The zero-order chi connectivity index (χ0) is 12.4. The summed E-state index contributed by atoms with van der Waals surface area (Å²) in [6.45, 7) is 0.353. The van der Waals surface area contributed by atoms with Gasteiger partial charge in [-0.1, -0.05) is 11.6 Å². The summed E-state index contributed by atoms with van der Waals surface area (Å²) in [5.74, 6) is -1.42. The Kier molecular flexibility index (Phi) is 3.49. The van der Waals surface area contributed by atoms with Crippen LogP contribution in [0.1, 0.15) is 4.88 Å². The zero-order valence-corrected chi connectivity index (χ0v) is 10.2. The molecule has 1 aromatic carbocycles. The van der Waals surface area contributed by atoms with Gasteiger partial charge in [0.15, 0.2) is 5.82 Å². The Balaban J connectivity index is 2.17. The Hall–Kier alpha value is -1.33. The van der Waals surface area contributed by atoms with Crippen molar-refractivity contribution < 1.29 is 8.78 Å². The first-order valence-electron chi connectivity index (χ1n) is 4.78. The van der Waals surface area contributed by atoms with Gasteiger partial charge in [-0.15, -0.1) is 11.3 Å². The van der Waals surface area contributed by atoms with Gasteiger partial charge in [-0.2, -0.15) is 0 Å². The summed E-state index contributed by atoms with van der Waals surface area (Å²) in [7, 11) is 0. The first-order chi connectivity index (χ1) is 8.08. The number of hydrogen-bond donors (Lipinski definition) is 2. The molecule has 0 aliphatic heterocycles. The molecule has 0 spiro atoms. The lowest BCUT2D eigenvalue weighted by Crippen LogP contribution is -2.03. The molecule has 3 N–H and O–H groups in total. The highest BCUT2D eigenvalue weighted by atomic mass is 35.5. The molecule has 0 saturated carbocycles. The molecule has 0 radical (unpaired) electrons. The van der Waals surface area contributed by atoms with E-state index in [0.29, 0.717) is 12.2 Å². The normalized spacial score (nSPS) is 10.5. The minimum Gasteiger partial charge on any atom is -0.398 e. The molecule has 17 heavy (non-hydrogen) atoms. The second-order valence-electron chi connectivity index (χ2n) is 3.40. The quantitative estimate of drug-likeness (QED) is 0.891. The van der Waals surface area contributed by atoms with Crippen molar-refractivity contribution in [3.63, 3.8) is 0 Å². The summed E-state index contributed by atoms with van der Waals surface area (Å²) in [5.41, 5.74) is 6.41. The van der Waals surface area contributed by atoms with Crippen LogP contribution < -0.4 is 11.1 Å². The maximum Gasteiger partial charge on any atom is 0.150 e. The van der Waals surface area contributed by atoms with Crippen LogP contribution in [0.3, 0.4) is 0 Å². The van der Waals surface area contributed by atoms with E-state index in [2.05, 4.69) is 5.32 Å². The van der Waals surface area contributed by atoms with Crippen molar-refractivity contribution in [3.05, 3.63) is 45.1 Å².